The van der Waals surface area contributed by atoms with Crippen LogP contribution in [0.5, 0.6) is 0 Å². The van der Waals surface area contributed by atoms with Gasteiger partial charge in [-0.2, -0.15) is 0 Å². The molecular weight excluding hydrogens is 214 g/mol. The number of benzene rings is 1. The van der Waals surface area contributed by atoms with Gasteiger partial charge < -0.3 is 4.42 Å². The van der Waals surface area contributed by atoms with Crippen molar-refractivity contribution in [2.45, 2.75) is 10.1 Å². The molecule has 0 saturated carbocycles. The average molecular weight is 223 g/mol. The standard InChI is InChI=1S/C10H9NOS2/c1-3-14-10-11-9-7(12-10)5-4-6-8(9)13-2/h3-6H,1H2,2H3. The van der Waals surface area contributed by atoms with Crippen LogP contribution in [0.2, 0.25) is 0 Å². The maximum Gasteiger partial charge on any atom is 0.261 e. The SMILES string of the molecule is C=CSc1nc2c(SC)cccc2o1. The number of thioether (sulfide) groups is 2. The van der Waals surface area contributed by atoms with Crippen molar-refractivity contribution in [3.8, 4) is 0 Å². The van der Waals surface area contributed by atoms with E-state index in [9.17, 15) is 0 Å². The number of oxazole rings is 1. The smallest absolute Gasteiger partial charge is 0.261 e. The second-order valence-electron chi connectivity index (χ2n) is 2.57. The molecule has 0 aliphatic carbocycles. The Kier molecular flexibility index (Phi) is 2.84. The summed E-state index contributed by atoms with van der Waals surface area (Å²) in [5, 5.41) is 2.36. The van der Waals surface area contributed by atoms with Gasteiger partial charge in [0.2, 0.25) is 0 Å². The first-order chi connectivity index (χ1) is 6.85. The third kappa shape index (κ3) is 1.67. The van der Waals surface area contributed by atoms with Crippen molar-refractivity contribution in [1.29, 1.82) is 0 Å². The largest absolute Gasteiger partial charge is 0.431 e. The number of aromatic nitrogens is 1. The lowest BCUT2D eigenvalue weighted by Crippen LogP contribution is -1.73. The number of hydrogen-bond acceptors (Lipinski definition) is 4. The van der Waals surface area contributed by atoms with E-state index in [0.717, 1.165) is 16.0 Å². The molecule has 4 heteroatoms. The molecule has 1 aromatic heterocycles. The fourth-order valence-corrected chi connectivity index (χ4v) is 2.17. The minimum absolute atomic E-state index is 0.650. The fourth-order valence-electron chi connectivity index (χ4n) is 1.19. The maximum absolute atomic E-state index is 5.52. The highest BCUT2D eigenvalue weighted by Gasteiger charge is 2.07. The molecule has 2 nitrogen and oxygen atoms in total. The van der Waals surface area contributed by atoms with Crippen LogP contribution >= 0.6 is 23.5 Å². The van der Waals surface area contributed by atoms with Gasteiger partial charge in [-0.3, -0.25) is 0 Å². The Morgan fingerprint density at radius 2 is 2.36 bits per heavy atom. The summed E-state index contributed by atoms with van der Waals surface area (Å²) in [7, 11) is 0. The summed E-state index contributed by atoms with van der Waals surface area (Å²) >= 11 is 3.07. The summed E-state index contributed by atoms with van der Waals surface area (Å²) in [5.41, 5.74) is 1.77. The van der Waals surface area contributed by atoms with Gasteiger partial charge in [0, 0.05) is 4.90 Å². The molecular formula is C10H9NOS2. The second kappa shape index (κ2) is 4.11. The van der Waals surface area contributed by atoms with Gasteiger partial charge in [0.15, 0.2) is 5.58 Å². The molecule has 2 rings (SSSR count). The van der Waals surface area contributed by atoms with Crippen LogP contribution in [0.1, 0.15) is 0 Å². The number of para-hydroxylation sites is 1. The van der Waals surface area contributed by atoms with E-state index in [4.69, 9.17) is 4.42 Å². The molecule has 0 fully saturated rings. The lowest BCUT2D eigenvalue weighted by Gasteiger charge is -1.93. The van der Waals surface area contributed by atoms with E-state index < -0.39 is 0 Å². The van der Waals surface area contributed by atoms with E-state index in [1.165, 1.54) is 11.8 Å². The number of hydrogen-bond donors (Lipinski definition) is 0. The lowest BCUT2D eigenvalue weighted by atomic mass is 10.3. The first kappa shape index (κ1) is 9.68. The Hall–Kier alpha value is -0.870. The van der Waals surface area contributed by atoms with E-state index in [-0.39, 0.29) is 0 Å². The lowest BCUT2D eigenvalue weighted by molar-refractivity contribution is 0.490. The molecule has 0 aliphatic heterocycles. The fraction of sp³-hybridized carbons (Fsp3) is 0.100. The van der Waals surface area contributed by atoms with Crippen molar-refractivity contribution in [2.24, 2.45) is 0 Å². The van der Waals surface area contributed by atoms with Gasteiger partial charge in [-0.1, -0.05) is 12.6 Å². The third-order valence-electron chi connectivity index (χ3n) is 1.77. The van der Waals surface area contributed by atoms with Crippen molar-refractivity contribution >= 4 is 34.6 Å². The number of fused-ring (bicyclic) bond motifs is 1. The zero-order valence-corrected chi connectivity index (χ0v) is 9.32. The molecule has 0 radical (unpaired) electrons. The van der Waals surface area contributed by atoms with E-state index in [1.54, 1.807) is 17.2 Å². The molecule has 0 spiro atoms. The quantitative estimate of drug-likeness (QED) is 0.739. The van der Waals surface area contributed by atoms with Crippen LogP contribution in [0.3, 0.4) is 0 Å². The van der Waals surface area contributed by atoms with Gasteiger partial charge in [-0.25, -0.2) is 4.98 Å². The Morgan fingerprint density at radius 3 is 3.07 bits per heavy atom. The zero-order valence-electron chi connectivity index (χ0n) is 7.69. The second-order valence-corrected chi connectivity index (χ2v) is 4.34. The van der Waals surface area contributed by atoms with Crippen molar-refractivity contribution in [2.75, 3.05) is 6.26 Å². The molecule has 0 amide bonds. The maximum atomic E-state index is 5.52. The van der Waals surface area contributed by atoms with Gasteiger partial charge in [0.1, 0.15) is 5.52 Å². The first-order valence-electron chi connectivity index (χ1n) is 4.06. The summed E-state index contributed by atoms with van der Waals surface area (Å²) in [6.45, 7) is 3.63. The van der Waals surface area contributed by atoms with Crippen LogP contribution < -0.4 is 0 Å². The van der Waals surface area contributed by atoms with Crippen LogP contribution in [0, 0.1) is 0 Å². The predicted octanol–water partition coefficient (Wildman–Crippen LogP) is 3.79. The molecule has 14 heavy (non-hydrogen) atoms. The van der Waals surface area contributed by atoms with Crippen molar-refractivity contribution < 1.29 is 4.42 Å². The first-order valence-corrected chi connectivity index (χ1v) is 6.16. The molecule has 2 aromatic rings. The molecule has 0 bridgehead atoms. The van der Waals surface area contributed by atoms with E-state index in [2.05, 4.69) is 11.6 Å². The van der Waals surface area contributed by atoms with E-state index >= 15 is 0 Å². The highest BCUT2D eigenvalue weighted by molar-refractivity contribution is 8.01. The van der Waals surface area contributed by atoms with Crippen LogP contribution in [-0.4, -0.2) is 11.2 Å². The molecule has 1 aromatic carbocycles. The highest BCUT2D eigenvalue weighted by Crippen LogP contribution is 2.29. The summed E-state index contributed by atoms with van der Waals surface area (Å²) in [6, 6.07) is 5.94. The monoisotopic (exact) mass is 223 g/mol. The van der Waals surface area contributed by atoms with Gasteiger partial charge in [-0.05, 0) is 35.6 Å². The van der Waals surface area contributed by atoms with Crippen molar-refractivity contribution in [3.05, 3.63) is 30.2 Å². The Labute approximate surface area is 90.8 Å². The van der Waals surface area contributed by atoms with Gasteiger partial charge in [0.25, 0.3) is 5.22 Å². The molecule has 1 heterocycles. The minimum Gasteiger partial charge on any atom is -0.431 e. The summed E-state index contributed by atoms with van der Waals surface area (Å²) < 4.78 is 5.52. The van der Waals surface area contributed by atoms with Crippen molar-refractivity contribution in [1.82, 2.24) is 4.98 Å². The molecule has 0 N–H and O–H groups in total. The van der Waals surface area contributed by atoms with Crippen LogP contribution in [0.4, 0.5) is 0 Å². The third-order valence-corrected chi connectivity index (χ3v) is 3.08. The van der Waals surface area contributed by atoms with E-state index in [0.29, 0.717) is 5.22 Å². The van der Waals surface area contributed by atoms with Gasteiger partial charge in [0.05, 0.1) is 0 Å². The molecule has 0 saturated heterocycles. The predicted molar refractivity (Wildman–Crippen MR) is 61.8 cm³/mol. The molecule has 0 atom stereocenters. The van der Waals surface area contributed by atoms with E-state index in [1.807, 2.05) is 24.5 Å². The Bertz CT molecular complexity index is 464. The van der Waals surface area contributed by atoms with Crippen LogP contribution in [0.25, 0.3) is 11.1 Å². The summed E-state index contributed by atoms with van der Waals surface area (Å²) in [6.07, 6.45) is 2.03. The van der Waals surface area contributed by atoms with Crippen LogP contribution in [-0.2, 0) is 0 Å². The summed E-state index contributed by atoms with van der Waals surface area (Å²) in [4.78, 5) is 5.52. The van der Waals surface area contributed by atoms with Crippen molar-refractivity contribution in [3.63, 3.8) is 0 Å². The Balaban J connectivity index is 2.57. The normalized spacial score (nSPS) is 10.6. The average Bonchev–Trinajstić information content (AvgIpc) is 2.60. The Morgan fingerprint density at radius 1 is 1.50 bits per heavy atom. The molecule has 0 unspecified atom stereocenters. The minimum atomic E-state index is 0.650. The van der Waals surface area contributed by atoms with Gasteiger partial charge in [-0.15, -0.1) is 11.8 Å². The summed E-state index contributed by atoms with van der Waals surface area (Å²) in [5.74, 6) is 0. The number of nitrogens with zero attached hydrogens (tertiary/aromatic N) is 1. The molecule has 72 valence electrons. The zero-order chi connectivity index (χ0) is 9.97. The molecule has 0 aliphatic rings. The highest BCUT2D eigenvalue weighted by atomic mass is 32.2. The topological polar surface area (TPSA) is 26.0 Å². The number of rotatable bonds is 3. The van der Waals surface area contributed by atoms with Crippen LogP contribution in [0.15, 0.2) is 44.7 Å². The van der Waals surface area contributed by atoms with Gasteiger partial charge >= 0.3 is 0 Å².